The lowest BCUT2D eigenvalue weighted by atomic mass is 10.0. The van der Waals surface area contributed by atoms with Crippen LogP contribution in [0.2, 0.25) is 0 Å². The number of rotatable bonds is 6. The van der Waals surface area contributed by atoms with E-state index < -0.39 is 6.04 Å². The minimum Gasteiger partial charge on any atom is -0.383 e. The van der Waals surface area contributed by atoms with Crippen molar-refractivity contribution >= 4 is 11.8 Å². The number of hydrogen-bond acceptors (Lipinski definition) is 3. The monoisotopic (exact) mass is 256 g/mol. The zero-order valence-corrected chi connectivity index (χ0v) is 11.7. The lowest BCUT2D eigenvalue weighted by Gasteiger charge is -2.41. The first-order valence-corrected chi connectivity index (χ1v) is 6.68. The SMILES string of the molecule is CCCC(COC)N1C(=O)C(CC)NC(=O)C1C. The van der Waals surface area contributed by atoms with Gasteiger partial charge in [0.2, 0.25) is 11.8 Å². The molecule has 1 saturated heterocycles. The van der Waals surface area contributed by atoms with Gasteiger partial charge in [0.1, 0.15) is 12.1 Å². The maximum Gasteiger partial charge on any atom is 0.246 e. The van der Waals surface area contributed by atoms with Crippen LogP contribution in [-0.2, 0) is 14.3 Å². The molecule has 1 N–H and O–H groups in total. The molecule has 1 aliphatic heterocycles. The van der Waals surface area contributed by atoms with E-state index in [1.807, 2.05) is 6.92 Å². The van der Waals surface area contributed by atoms with Gasteiger partial charge in [-0.15, -0.1) is 0 Å². The summed E-state index contributed by atoms with van der Waals surface area (Å²) in [6, 6.07) is -0.806. The molecule has 0 bridgehead atoms. The molecule has 5 heteroatoms. The van der Waals surface area contributed by atoms with Crippen molar-refractivity contribution in [2.24, 2.45) is 0 Å². The van der Waals surface area contributed by atoms with E-state index in [4.69, 9.17) is 4.74 Å². The van der Waals surface area contributed by atoms with E-state index in [-0.39, 0.29) is 23.9 Å². The van der Waals surface area contributed by atoms with Gasteiger partial charge in [-0.3, -0.25) is 9.59 Å². The van der Waals surface area contributed by atoms with Gasteiger partial charge in [-0.05, 0) is 19.8 Å². The van der Waals surface area contributed by atoms with Crippen LogP contribution in [-0.4, -0.2) is 48.6 Å². The first-order chi connectivity index (χ1) is 8.56. The van der Waals surface area contributed by atoms with E-state index in [9.17, 15) is 9.59 Å². The largest absolute Gasteiger partial charge is 0.383 e. The van der Waals surface area contributed by atoms with Crippen molar-refractivity contribution in [3.8, 4) is 0 Å². The number of carbonyl (C=O) groups is 2. The van der Waals surface area contributed by atoms with Gasteiger partial charge in [-0.25, -0.2) is 0 Å². The quantitative estimate of drug-likeness (QED) is 0.769. The van der Waals surface area contributed by atoms with E-state index in [0.717, 1.165) is 12.8 Å². The standard InChI is InChI=1S/C13H24N2O3/c1-5-7-10(8-18-4)15-9(3)12(16)14-11(6-2)13(15)17/h9-11H,5-8H2,1-4H3,(H,14,16). The fourth-order valence-corrected chi connectivity index (χ4v) is 2.45. The Morgan fingerprint density at radius 3 is 2.56 bits per heavy atom. The number of methoxy groups -OCH3 is 1. The molecule has 18 heavy (non-hydrogen) atoms. The Bertz CT molecular complexity index is 301. The molecule has 1 fully saturated rings. The van der Waals surface area contributed by atoms with Gasteiger partial charge < -0.3 is 15.0 Å². The van der Waals surface area contributed by atoms with Gasteiger partial charge >= 0.3 is 0 Å². The third kappa shape index (κ3) is 3.02. The predicted octanol–water partition coefficient (Wildman–Crippen LogP) is 0.927. The highest BCUT2D eigenvalue weighted by Crippen LogP contribution is 2.18. The Hall–Kier alpha value is -1.10. The predicted molar refractivity (Wildman–Crippen MR) is 69.1 cm³/mol. The van der Waals surface area contributed by atoms with Crippen molar-refractivity contribution in [1.29, 1.82) is 0 Å². The highest BCUT2D eigenvalue weighted by molar-refractivity contribution is 5.96. The van der Waals surface area contributed by atoms with Gasteiger partial charge in [0.05, 0.1) is 12.6 Å². The molecule has 0 aromatic rings. The second-order valence-corrected chi connectivity index (χ2v) is 4.79. The third-order valence-corrected chi connectivity index (χ3v) is 3.45. The average molecular weight is 256 g/mol. The summed E-state index contributed by atoms with van der Waals surface area (Å²) in [4.78, 5) is 26.0. The molecule has 3 atom stereocenters. The molecule has 1 rings (SSSR count). The third-order valence-electron chi connectivity index (χ3n) is 3.45. The molecule has 0 aromatic heterocycles. The molecule has 2 amide bonds. The minimum absolute atomic E-state index is 0.0115. The number of ether oxygens (including phenoxy) is 1. The molecule has 5 nitrogen and oxygen atoms in total. The Morgan fingerprint density at radius 2 is 2.06 bits per heavy atom. The summed E-state index contributed by atoms with van der Waals surface area (Å²) in [5, 5.41) is 2.76. The molecule has 0 aromatic carbocycles. The van der Waals surface area contributed by atoms with E-state index >= 15 is 0 Å². The Kier molecular flexibility index (Phi) is 5.59. The summed E-state index contributed by atoms with van der Waals surface area (Å²) in [5.41, 5.74) is 0. The van der Waals surface area contributed by atoms with E-state index in [1.54, 1.807) is 18.9 Å². The van der Waals surface area contributed by atoms with Gasteiger partial charge in [0, 0.05) is 7.11 Å². The van der Waals surface area contributed by atoms with E-state index in [1.165, 1.54) is 0 Å². The van der Waals surface area contributed by atoms with E-state index in [0.29, 0.717) is 13.0 Å². The molecule has 0 saturated carbocycles. The maximum atomic E-state index is 12.4. The van der Waals surface area contributed by atoms with Crippen LogP contribution < -0.4 is 5.32 Å². The number of amides is 2. The summed E-state index contributed by atoms with van der Waals surface area (Å²) in [6.07, 6.45) is 2.44. The fraction of sp³-hybridized carbons (Fsp3) is 0.846. The Balaban J connectivity index is 2.91. The Morgan fingerprint density at radius 1 is 1.39 bits per heavy atom. The molecule has 0 radical (unpaired) electrons. The van der Waals surface area contributed by atoms with Crippen molar-refractivity contribution in [2.45, 2.75) is 58.2 Å². The second kappa shape index (κ2) is 6.73. The summed E-state index contributed by atoms with van der Waals surface area (Å²) >= 11 is 0. The first kappa shape index (κ1) is 15.0. The topological polar surface area (TPSA) is 58.6 Å². The van der Waals surface area contributed by atoms with Crippen LogP contribution in [0.15, 0.2) is 0 Å². The normalized spacial score (nSPS) is 26.1. The van der Waals surface area contributed by atoms with Gasteiger partial charge in [-0.1, -0.05) is 20.3 Å². The molecule has 1 aliphatic rings. The van der Waals surface area contributed by atoms with Gasteiger partial charge in [0.25, 0.3) is 0 Å². The number of carbonyl (C=O) groups excluding carboxylic acids is 2. The highest BCUT2D eigenvalue weighted by atomic mass is 16.5. The van der Waals surface area contributed by atoms with Gasteiger partial charge in [0.15, 0.2) is 0 Å². The number of nitrogens with zero attached hydrogens (tertiary/aromatic N) is 1. The number of nitrogens with one attached hydrogen (secondary N) is 1. The van der Waals surface area contributed by atoms with Crippen LogP contribution >= 0.6 is 0 Å². The zero-order chi connectivity index (χ0) is 13.7. The van der Waals surface area contributed by atoms with Crippen molar-refractivity contribution in [3.05, 3.63) is 0 Å². The van der Waals surface area contributed by atoms with Crippen LogP contribution in [0, 0.1) is 0 Å². The highest BCUT2D eigenvalue weighted by Gasteiger charge is 2.40. The number of piperazine rings is 1. The maximum absolute atomic E-state index is 12.4. The molecule has 0 aliphatic carbocycles. The van der Waals surface area contributed by atoms with Crippen molar-refractivity contribution in [3.63, 3.8) is 0 Å². The molecule has 1 heterocycles. The average Bonchev–Trinajstić information content (AvgIpc) is 2.34. The molecular weight excluding hydrogens is 232 g/mol. The number of hydrogen-bond donors (Lipinski definition) is 1. The molecule has 3 unspecified atom stereocenters. The summed E-state index contributed by atoms with van der Waals surface area (Å²) in [7, 11) is 1.62. The fourth-order valence-electron chi connectivity index (χ4n) is 2.45. The summed E-state index contributed by atoms with van der Waals surface area (Å²) in [6.45, 7) is 6.23. The van der Waals surface area contributed by atoms with E-state index in [2.05, 4.69) is 12.2 Å². The van der Waals surface area contributed by atoms with Crippen molar-refractivity contribution in [2.75, 3.05) is 13.7 Å². The lowest BCUT2D eigenvalue weighted by molar-refractivity contribution is -0.153. The van der Waals surface area contributed by atoms with Crippen molar-refractivity contribution < 1.29 is 14.3 Å². The smallest absolute Gasteiger partial charge is 0.246 e. The van der Waals surface area contributed by atoms with Crippen LogP contribution in [0.4, 0.5) is 0 Å². The molecular formula is C13H24N2O3. The van der Waals surface area contributed by atoms with Crippen LogP contribution in [0.1, 0.15) is 40.0 Å². The zero-order valence-electron chi connectivity index (χ0n) is 11.7. The van der Waals surface area contributed by atoms with Crippen LogP contribution in [0.25, 0.3) is 0 Å². The summed E-state index contributed by atoms with van der Waals surface area (Å²) < 4.78 is 5.18. The van der Waals surface area contributed by atoms with Crippen molar-refractivity contribution in [1.82, 2.24) is 10.2 Å². The molecule has 104 valence electrons. The second-order valence-electron chi connectivity index (χ2n) is 4.79. The van der Waals surface area contributed by atoms with Crippen LogP contribution in [0.3, 0.4) is 0 Å². The Labute approximate surface area is 109 Å². The molecule has 0 spiro atoms. The first-order valence-electron chi connectivity index (χ1n) is 6.68. The van der Waals surface area contributed by atoms with Crippen LogP contribution in [0.5, 0.6) is 0 Å². The lowest BCUT2D eigenvalue weighted by Crippen LogP contribution is -2.65. The summed E-state index contributed by atoms with van der Waals surface area (Å²) in [5.74, 6) is -0.0567. The minimum atomic E-state index is -0.410. The van der Waals surface area contributed by atoms with Gasteiger partial charge in [-0.2, -0.15) is 0 Å².